The number of benzene rings is 1. The van der Waals surface area contributed by atoms with Crippen LogP contribution in [0.1, 0.15) is 32.2 Å². The van der Waals surface area contributed by atoms with Crippen LogP contribution in [0.15, 0.2) is 53.2 Å². The number of nitrogens with zero attached hydrogens (tertiary/aromatic N) is 3. The van der Waals surface area contributed by atoms with Crippen molar-refractivity contribution in [3.63, 3.8) is 0 Å². The smallest absolute Gasteiger partial charge is 0.407 e. The second kappa shape index (κ2) is 11.6. The van der Waals surface area contributed by atoms with Gasteiger partial charge in [-0.15, -0.1) is 0 Å². The third-order valence-corrected chi connectivity index (χ3v) is 7.51. The number of nitrogens with one attached hydrogen (secondary N) is 1. The summed E-state index contributed by atoms with van der Waals surface area (Å²) in [7, 11) is 0.868. The molecule has 1 aromatic carbocycles. The first-order valence-electron chi connectivity index (χ1n) is 12.1. The topological polar surface area (TPSA) is 103 Å². The van der Waals surface area contributed by atoms with Crippen molar-refractivity contribution in [3.8, 4) is 11.1 Å². The van der Waals surface area contributed by atoms with Gasteiger partial charge in [-0.3, -0.25) is 0 Å². The van der Waals surface area contributed by atoms with E-state index in [9.17, 15) is 13.2 Å². The van der Waals surface area contributed by atoms with Gasteiger partial charge in [-0.1, -0.05) is 12.1 Å². The lowest BCUT2D eigenvalue weighted by atomic mass is 10.1. The van der Waals surface area contributed by atoms with E-state index in [1.54, 1.807) is 44.6 Å². The Bertz CT molecular complexity index is 1460. The van der Waals surface area contributed by atoms with Crippen LogP contribution in [0.25, 0.3) is 22.2 Å². The Balaban J connectivity index is 2.03. The zero-order chi connectivity index (χ0) is 28.3. The maximum absolute atomic E-state index is 15.0. The first-order valence-corrected chi connectivity index (χ1v) is 13.5. The Morgan fingerprint density at radius 2 is 1.92 bits per heavy atom. The molecule has 0 atom stereocenters. The maximum atomic E-state index is 15.0. The van der Waals surface area contributed by atoms with Gasteiger partial charge < -0.3 is 19.4 Å². The minimum absolute atomic E-state index is 0.0352. The Labute approximate surface area is 223 Å². The van der Waals surface area contributed by atoms with E-state index < -0.39 is 27.5 Å². The van der Waals surface area contributed by atoms with E-state index in [-0.39, 0.29) is 18.0 Å². The summed E-state index contributed by atoms with van der Waals surface area (Å²) < 4.78 is 53.9. The normalized spacial score (nSPS) is 12.8. The number of hydrogen-bond acceptors (Lipinski definition) is 6. The molecular formula is C27H35FN4O5S. The summed E-state index contributed by atoms with van der Waals surface area (Å²) in [6.07, 6.45) is 0.653. The highest BCUT2D eigenvalue weighted by Gasteiger charge is 2.22. The van der Waals surface area contributed by atoms with Crippen molar-refractivity contribution in [1.29, 1.82) is 0 Å². The minimum atomic E-state index is -3.66. The van der Waals surface area contributed by atoms with Crippen LogP contribution in [0.4, 0.5) is 9.18 Å². The van der Waals surface area contributed by atoms with Crippen LogP contribution in [-0.4, -0.2) is 61.7 Å². The van der Waals surface area contributed by atoms with Gasteiger partial charge >= 0.3 is 6.09 Å². The summed E-state index contributed by atoms with van der Waals surface area (Å²) in [5.41, 5.74) is 3.39. The number of carbonyl (C=O) groups is 1. The number of amides is 1. The molecule has 11 heteroatoms. The number of methoxy groups -OCH3 is 1. The van der Waals surface area contributed by atoms with E-state index in [1.807, 2.05) is 25.1 Å². The van der Waals surface area contributed by atoms with Gasteiger partial charge in [0.1, 0.15) is 11.4 Å². The van der Waals surface area contributed by atoms with Crippen LogP contribution < -0.4 is 5.32 Å². The summed E-state index contributed by atoms with van der Waals surface area (Å²) in [4.78, 5) is 16.8. The standard InChI is InChI=1S/C27H35FN4O5S/c1-18-24(19-9-8-10-22(15-19)38(34,35)31(5)6)25-23(12-11-21(30-25)17-36-7)32(18)16-20(28)13-14-29-26(33)37-27(2,3)4/h8-13,15H,14,16-17H2,1-7H3,(H,29,33)/b20-13-. The largest absolute Gasteiger partial charge is 0.444 e. The molecule has 206 valence electrons. The molecule has 0 aliphatic heterocycles. The lowest BCUT2D eigenvalue weighted by Crippen LogP contribution is -2.32. The van der Waals surface area contributed by atoms with Crippen LogP contribution in [0.5, 0.6) is 0 Å². The fourth-order valence-corrected chi connectivity index (χ4v) is 4.90. The third-order valence-electron chi connectivity index (χ3n) is 5.70. The first-order chi connectivity index (χ1) is 17.7. The molecule has 0 aliphatic carbocycles. The Morgan fingerprint density at radius 1 is 1.21 bits per heavy atom. The highest BCUT2D eigenvalue weighted by molar-refractivity contribution is 7.89. The number of allylic oxidation sites excluding steroid dienone is 1. The Hall–Kier alpha value is -3.28. The molecule has 1 N–H and O–H groups in total. The number of carbonyl (C=O) groups excluding carboxylic acids is 1. The van der Waals surface area contributed by atoms with Gasteiger partial charge in [0.15, 0.2) is 0 Å². The summed E-state index contributed by atoms with van der Waals surface area (Å²) in [6, 6.07) is 10.3. The predicted molar refractivity (Wildman–Crippen MR) is 145 cm³/mol. The lowest BCUT2D eigenvalue weighted by Gasteiger charge is -2.19. The number of fused-ring (bicyclic) bond motifs is 1. The van der Waals surface area contributed by atoms with Crippen LogP contribution in [-0.2, 0) is 32.6 Å². The van der Waals surface area contributed by atoms with E-state index >= 15 is 4.39 Å². The van der Waals surface area contributed by atoms with E-state index in [2.05, 4.69) is 5.32 Å². The summed E-state index contributed by atoms with van der Waals surface area (Å²) in [5.74, 6) is -0.461. The molecule has 0 saturated carbocycles. The van der Waals surface area contributed by atoms with Gasteiger partial charge in [0.25, 0.3) is 0 Å². The van der Waals surface area contributed by atoms with Gasteiger partial charge in [0.05, 0.1) is 34.8 Å². The fourth-order valence-electron chi connectivity index (χ4n) is 3.96. The van der Waals surface area contributed by atoms with Gasteiger partial charge in [0, 0.05) is 39.0 Å². The molecule has 1 amide bonds. The number of rotatable bonds is 9. The number of sulfonamides is 1. The molecule has 2 heterocycles. The average Bonchev–Trinajstić information content (AvgIpc) is 3.08. The second-order valence-electron chi connectivity index (χ2n) is 10.00. The van der Waals surface area contributed by atoms with Crippen molar-refractivity contribution in [2.75, 3.05) is 27.7 Å². The zero-order valence-electron chi connectivity index (χ0n) is 22.8. The molecule has 9 nitrogen and oxygen atoms in total. The SMILES string of the molecule is COCc1ccc2c(n1)c(-c1cccc(S(=O)(=O)N(C)C)c1)c(C)n2C/C(F)=C/CNC(=O)OC(C)(C)C. The number of alkyl carbamates (subject to hydrolysis) is 1. The summed E-state index contributed by atoms with van der Waals surface area (Å²) in [6.45, 7) is 7.24. The van der Waals surface area contributed by atoms with Crippen molar-refractivity contribution in [2.24, 2.45) is 0 Å². The molecule has 0 aliphatic rings. The molecule has 0 radical (unpaired) electrons. The maximum Gasteiger partial charge on any atom is 0.407 e. The number of hydrogen-bond donors (Lipinski definition) is 1. The molecular weight excluding hydrogens is 511 g/mol. The van der Waals surface area contributed by atoms with E-state index in [0.29, 0.717) is 40.2 Å². The minimum Gasteiger partial charge on any atom is -0.444 e. The molecule has 0 fully saturated rings. The van der Waals surface area contributed by atoms with Gasteiger partial charge in [-0.2, -0.15) is 0 Å². The van der Waals surface area contributed by atoms with Gasteiger partial charge in [0.2, 0.25) is 10.0 Å². The first kappa shape index (κ1) is 29.3. The third kappa shape index (κ3) is 6.77. The fraction of sp³-hybridized carbons (Fsp3) is 0.407. The van der Waals surface area contributed by atoms with Crippen LogP contribution in [0.3, 0.4) is 0 Å². The monoisotopic (exact) mass is 546 g/mol. The van der Waals surface area contributed by atoms with Crippen molar-refractivity contribution in [2.45, 2.75) is 51.3 Å². The zero-order valence-corrected chi connectivity index (χ0v) is 23.6. The quantitative estimate of drug-likeness (QED) is 0.414. The number of halogens is 1. The van der Waals surface area contributed by atoms with Crippen molar-refractivity contribution in [3.05, 3.63) is 59.7 Å². The summed E-state index contributed by atoms with van der Waals surface area (Å²) >= 11 is 0. The number of pyridine rings is 1. The predicted octanol–water partition coefficient (Wildman–Crippen LogP) is 4.79. The molecule has 38 heavy (non-hydrogen) atoms. The summed E-state index contributed by atoms with van der Waals surface area (Å²) in [5, 5.41) is 2.52. The molecule has 0 bridgehead atoms. The van der Waals surface area contributed by atoms with Gasteiger partial charge in [-0.05, 0) is 63.6 Å². The van der Waals surface area contributed by atoms with Crippen LogP contribution >= 0.6 is 0 Å². The van der Waals surface area contributed by atoms with Crippen molar-refractivity contribution in [1.82, 2.24) is 19.2 Å². The van der Waals surface area contributed by atoms with Crippen LogP contribution in [0.2, 0.25) is 0 Å². The molecule has 3 aromatic rings. The van der Waals surface area contributed by atoms with Gasteiger partial charge in [-0.25, -0.2) is 26.9 Å². The lowest BCUT2D eigenvalue weighted by molar-refractivity contribution is 0.0534. The van der Waals surface area contributed by atoms with Crippen molar-refractivity contribution < 1.29 is 27.1 Å². The second-order valence-corrected chi connectivity index (χ2v) is 12.2. The van der Waals surface area contributed by atoms with E-state index in [4.69, 9.17) is 14.5 Å². The Kier molecular flexibility index (Phi) is 8.96. The van der Waals surface area contributed by atoms with Crippen molar-refractivity contribution >= 4 is 27.1 Å². The molecule has 0 unspecified atom stereocenters. The number of ether oxygens (including phenoxy) is 2. The Morgan fingerprint density at radius 3 is 2.55 bits per heavy atom. The molecule has 3 rings (SSSR count). The van der Waals surface area contributed by atoms with Crippen LogP contribution in [0, 0.1) is 6.92 Å². The highest BCUT2D eigenvalue weighted by atomic mass is 32.2. The van der Waals surface area contributed by atoms with E-state index in [0.717, 1.165) is 4.31 Å². The molecule has 0 spiro atoms. The average molecular weight is 547 g/mol. The molecule has 2 aromatic heterocycles. The molecule has 0 saturated heterocycles. The highest BCUT2D eigenvalue weighted by Crippen LogP contribution is 2.35. The van der Waals surface area contributed by atoms with E-state index in [1.165, 1.54) is 26.2 Å². The number of aromatic nitrogens is 2.